The third kappa shape index (κ3) is 4.46. The van der Waals surface area contributed by atoms with Crippen LogP contribution in [0, 0.1) is 0 Å². The summed E-state index contributed by atoms with van der Waals surface area (Å²) in [5, 5.41) is 6.76. The van der Waals surface area contributed by atoms with Crippen molar-refractivity contribution >= 4 is 40.0 Å². The molecule has 0 bridgehead atoms. The number of nitrogens with one attached hydrogen (secondary N) is 3. The first-order valence-corrected chi connectivity index (χ1v) is 9.54. The van der Waals surface area contributed by atoms with E-state index in [4.69, 9.17) is 16.3 Å². The van der Waals surface area contributed by atoms with E-state index in [2.05, 4.69) is 15.6 Å². The van der Waals surface area contributed by atoms with Crippen molar-refractivity contribution in [3.8, 4) is 5.75 Å². The van der Waals surface area contributed by atoms with Crippen LogP contribution in [0.3, 0.4) is 0 Å². The van der Waals surface area contributed by atoms with Crippen molar-refractivity contribution in [2.45, 2.75) is 20.3 Å². The molecule has 3 N–H and O–H groups in total. The highest BCUT2D eigenvalue weighted by Crippen LogP contribution is 2.24. The normalized spacial score (nSPS) is 10.7. The summed E-state index contributed by atoms with van der Waals surface area (Å²) >= 11 is 6.21. The van der Waals surface area contributed by atoms with Crippen LogP contribution in [-0.2, 0) is 0 Å². The first kappa shape index (κ1) is 19.8. The van der Waals surface area contributed by atoms with Gasteiger partial charge in [-0.2, -0.15) is 0 Å². The second-order valence-electron chi connectivity index (χ2n) is 6.27. The lowest BCUT2D eigenvalue weighted by molar-refractivity contribution is 0.0953. The molecular weight excluding hydrogens is 378 g/mol. The SMILES string of the molecule is CCCNC(=O)c1ccc(NC(=O)c2cc3ccc(OCC)cc3[nH]2)cc1Cl. The van der Waals surface area contributed by atoms with Gasteiger partial charge in [-0.15, -0.1) is 0 Å². The summed E-state index contributed by atoms with van der Waals surface area (Å²) in [6.45, 7) is 5.05. The number of carbonyl (C=O) groups excluding carboxylic acids is 2. The molecule has 3 rings (SSSR count). The van der Waals surface area contributed by atoms with Crippen molar-refractivity contribution in [2.24, 2.45) is 0 Å². The summed E-state index contributed by atoms with van der Waals surface area (Å²) in [5.41, 5.74) is 2.12. The Kier molecular flexibility index (Phi) is 6.21. The standard InChI is InChI=1S/C21H22ClN3O3/c1-3-9-23-20(26)16-8-6-14(11-17(16)22)24-21(27)19-10-13-5-7-15(28-4-2)12-18(13)25-19/h5-8,10-12,25H,3-4,9H2,1-2H3,(H,23,26)(H,24,27). The molecule has 0 aliphatic rings. The van der Waals surface area contributed by atoms with E-state index in [1.54, 1.807) is 24.3 Å². The van der Waals surface area contributed by atoms with Gasteiger partial charge in [-0.25, -0.2) is 0 Å². The Bertz CT molecular complexity index is 1010. The predicted molar refractivity (Wildman–Crippen MR) is 111 cm³/mol. The van der Waals surface area contributed by atoms with E-state index in [9.17, 15) is 9.59 Å². The maximum Gasteiger partial charge on any atom is 0.272 e. The molecule has 3 aromatic rings. The number of ether oxygens (including phenoxy) is 1. The van der Waals surface area contributed by atoms with Crippen molar-refractivity contribution in [2.75, 3.05) is 18.5 Å². The van der Waals surface area contributed by atoms with Crippen LogP contribution in [0.25, 0.3) is 10.9 Å². The molecule has 0 saturated heterocycles. The second-order valence-corrected chi connectivity index (χ2v) is 6.68. The van der Waals surface area contributed by atoms with Crippen molar-refractivity contribution < 1.29 is 14.3 Å². The van der Waals surface area contributed by atoms with Crippen LogP contribution < -0.4 is 15.4 Å². The van der Waals surface area contributed by atoms with Gasteiger partial charge in [0.15, 0.2) is 0 Å². The minimum Gasteiger partial charge on any atom is -0.494 e. The van der Waals surface area contributed by atoms with E-state index in [-0.39, 0.29) is 16.8 Å². The van der Waals surface area contributed by atoms with E-state index in [0.717, 1.165) is 23.1 Å². The third-order valence-electron chi connectivity index (χ3n) is 4.16. The maximum absolute atomic E-state index is 12.6. The smallest absolute Gasteiger partial charge is 0.272 e. The summed E-state index contributed by atoms with van der Waals surface area (Å²) in [6, 6.07) is 12.2. The summed E-state index contributed by atoms with van der Waals surface area (Å²) in [7, 11) is 0. The fraction of sp³-hybridized carbons (Fsp3) is 0.238. The Morgan fingerprint density at radius 1 is 1.07 bits per heavy atom. The third-order valence-corrected chi connectivity index (χ3v) is 4.47. The number of fused-ring (bicyclic) bond motifs is 1. The van der Waals surface area contributed by atoms with Crippen LogP contribution in [0.1, 0.15) is 41.1 Å². The van der Waals surface area contributed by atoms with E-state index in [1.807, 2.05) is 32.0 Å². The van der Waals surface area contributed by atoms with Crippen LogP contribution in [0.15, 0.2) is 42.5 Å². The van der Waals surface area contributed by atoms with Gasteiger partial charge in [-0.05, 0) is 49.7 Å². The molecule has 7 heteroatoms. The van der Waals surface area contributed by atoms with Gasteiger partial charge in [-0.3, -0.25) is 9.59 Å². The maximum atomic E-state index is 12.6. The zero-order valence-electron chi connectivity index (χ0n) is 15.8. The average molecular weight is 400 g/mol. The van der Waals surface area contributed by atoms with Crippen LogP contribution in [-0.4, -0.2) is 29.9 Å². The van der Waals surface area contributed by atoms with E-state index in [1.165, 1.54) is 0 Å². The lowest BCUT2D eigenvalue weighted by Crippen LogP contribution is -2.24. The number of H-pyrrole nitrogens is 1. The number of aromatic amines is 1. The molecule has 0 radical (unpaired) electrons. The van der Waals surface area contributed by atoms with Gasteiger partial charge in [-0.1, -0.05) is 18.5 Å². The van der Waals surface area contributed by atoms with Crippen molar-refractivity contribution in [1.82, 2.24) is 10.3 Å². The molecule has 0 fully saturated rings. The molecule has 0 atom stereocenters. The number of halogens is 1. The van der Waals surface area contributed by atoms with Crippen molar-refractivity contribution in [3.05, 3.63) is 58.7 Å². The zero-order valence-corrected chi connectivity index (χ0v) is 16.5. The Morgan fingerprint density at radius 3 is 2.61 bits per heavy atom. The van der Waals surface area contributed by atoms with Crippen molar-refractivity contribution in [1.29, 1.82) is 0 Å². The minimum absolute atomic E-state index is 0.231. The molecule has 2 amide bonds. The number of hydrogen-bond acceptors (Lipinski definition) is 3. The predicted octanol–water partition coefficient (Wildman–Crippen LogP) is 4.61. The first-order valence-electron chi connectivity index (χ1n) is 9.16. The molecule has 1 aromatic heterocycles. The van der Waals surface area contributed by atoms with E-state index in [0.29, 0.717) is 30.1 Å². The number of amides is 2. The van der Waals surface area contributed by atoms with Gasteiger partial charge < -0.3 is 20.4 Å². The average Bonchev–Trinajstić information content (AvgIpc) is 3.10. The molecule has 0 unspecified atom stereocenters. The Balaban J connectivity index is 1.74. The fourth-order valence-electron chi connectivity index (χ4n) is 2.79. The van der Waals surface area contributed by atoms with Gasteiger partial charge in [0.2, 0.25) is 0 Å². The van der Waals surface area contributed by atoms with E-state index >= 15 is 0 Å². The molecule has 0 spiro atoms. The number of rotatable bonds is 7. The number of anilines is 1. The second kappa shape index (κ2) is 8.80. The van der Waals surface area contributed by atoms with Gasteiger partial charge >= 0.3 is 0 Å². The molecule has 0 saturated carbocycles. The lowest BCUT2D eigenvalue weighted by Gasteiger charge is -2.08. The Hall–Kier alpha value is -2.99. The molecule has 2 aromatic carbocycles. The quantitative estimate of drug-likeness (QED) is 0.542. The van der Waals surface area contributed by atoms with Gasteiger partial charge in [0.1, 0.15) is 11.4 Å². The lowest BCUT2D eigenvalue weighted by atomic mass is 10.2. The minimum atomic E-state index is -0.298. The molecular formula is C21H22ClN3O3. The molecule has 1 heterocycles. The summed E-state index contributed by atoms with van der Waals surface area (Å²) in [4.78, 5) is 27.7. The highest BCUT2D eigenvalue weighted by atomic mass is 35.5. The molecule has 6 nitrogen and oxygen atoms in total. The topological polar surface area (TPSA) is 83.2 Å². The molecule has 28 heavy (non-hydrogen) atoms. The largest absolute Gasteiger partial charge is 0.494 e. The first-order chi connectivity index (χ1) is 13.5. The van der Waals surface area contributed by atoms with Gasteiger partial charge in [0.05, 0.1) is 17.2 Å². The number of aromatic nitrogens is 1. The number of benzene rings is 2. The van der Waals surface area contributed by atoms with Gasteiger partial charge in [0, 0.05) is 29.2 Å². The highest BCUT2D eigenvalue weighted by Gasteiger charge is 2.14. The molecule has 146 valence electrons. The van der Waals surface area contributed by atoms with Crippen LogP contribution in [0.2, 0.25) is 5.02 Å². The summed E-state index contributed by atoms with van der Waals surface area (Å²) < 4.78 is 5.48. The van der Waals surface area contributed by atoms with Crippen molar-refractivity contribution in [3.63, 3.8) is 0 Å². The highest BCUT2D eigenvalue weighted by molar-refractivity contribution is 6.34. The summed E-state index contributed by atoms with van der Waals surface area (Å²) in [5.74, 6) is 0.214. The monoisotopic (exact) mass is 399 g/mol. The Labute approximate surface area is 168 Å². The zero-order chi connectivity index (χ0) is 20.1. The molecule has 0 aliphatic heterocycles. The van der Waals surface area contributed by atoms with Crippen LogP contribution >= 0.6 is 11.6 Å². The summed E-state index contributed by atoms with van der Waals surface area (Å²) in [6.07, 6.45) is 0.841. The van der Waals surface area contributed by atoms with Crippen LogP contribution in [0.5, 0.6) is 5.75 Å². The van der Waals surface area contributed by atoms with E-state index < -0.39 is 0 Å². The number of hydrogen-bond donors (Lipinski definition) is 3. The fourth-order valence-corrected chi connectivity index (χ4v) is 3.06. The van der Waals surface area contributed by atoms with Crippen LogP contribution in [0.4, 0.5) is 5.69 Å². The van der Waals surface area contributed by atoms with Gasteiger partial charge in [0.25, 0.3) is 11.8 Å². The number of carbonyl (C=O) groups is 2. The Morgan fingerprint density at radius 2 is 1.89 bits per heavy atom. The molecule has 0 aliphatic carbocycles.